The lowest BCUT2D eigenvalue weighted by Gasteiger charge is -2.34. The van der Waals surface area contributed by atoms with Gasteiger partial charge in [-0.1, -0.05) is 36.4 Å². The third kappa shape index (κ3) is 5.65. The first-order chi connectivity index (χ1) is 16.8. The first-order valence-corrected chi connectivity index (χ1v) is 12.7. The van der Waals surface area contributed by atoms with Gasteiger partial charge in [0.2, 0.25) is 0 Å². The van der Waals surface area contributed by atoms with Gasteiger partial charge >= 0.3 is 6.03 Å². The van der Waals surface area contributed by atoms with Gasteiger partial charge in [-0.05, 0) is 49.1 Å². The molecule has 3 aliphatic rings. The van der Waals surface area contributed by atoms with Crippen LogP contribution in [0.4, 0.5) is 4.79 Å². The van der Waals surface area contributed by atoms with Gasteiger partial charge in [-0.25, -0.2) is 4.79 Å². The fourth-order valence-electron chi connectivity index (χ4n) is 5.24. The number of benzene rings is 2. The highest BCUT2D eigenvalue weighted by atomic mass is 16.6. The van der Waals surface area contributed by atoms with E-state index in [-0.39, 0.29) is 12.1 Å². The number of rotatable bonds is 7. The summed E-state index contributed by atoms with van der Waals surface area (Å²) < 4.78 is 11.4. The quantitative estimate of drug-likeness (QED) is 0.636. The molecule has 1 atom stereocenters. The molecule has 2 aromatic carbocycles. The maximum absolute atomic E-state index is 12.9. The van der Waals surface area contributed by atoms with E-state index in [1.165, 1.54) is 5.56 Å². The van der Waals surface area contributed by atoms with Gasteiger partial charge in [0.1, 0.15) is 13.2 Å². The van der Waals surface area contributed by atoms with Crippen molar-refractivity contribution in [3.8, 4) is 11.5 Å². The van der Waals surface area contributed by atoms with Crippen molar-refractivity contribution in [1.29, 1.82) is 0 Å². The zero-order valence-electron chi connectivity index (χ0n) is 20.0. The molecule has 0 radical (unpaired) electrons. The van der Waals surface area contributed by atoms with Crippen molar-refractivity contribution >= 4 is 6.03 Å². The number of nitrogens with zero attached hydrogens (tertiary/aromatic N) is 3. The lowest BCUT2D eigenvalue weighted by atomic mass is 10.0. The lowest BCUT2D eigenvalue weighted by Crippen LogP contribution is -2.46. The van der Waals surface area contributed by atoms with Gasteiger partial charge in [0.15, 0.2) is 11.5 Å². The van der Waals surface area contributed by atoms with E-state index in [1.807, 2.05) is 17.0 Å². The molecule has 7 heteroatoms. The molecule has 2 aromatic rings. The fourth-order valence-corrected chi connectivity index (χ4v) is 5.24. The van der Waals surface area contributed by atoms with Crippen LogP contribution in [0.2, 0.25) is 0 Å². The predicted octanol–water partition coefficient (Wildman–Crippen LogP) is 3.51. The van der Waals surface area contributed by atoms with Crippen LogP contribution < -0.4 is 14.8 Å². The van der Waals surface area contributed by atoms with Crippen molar-refractivity contribution in [2.75, 3.05) is 59.0 Å². The fraction of sp³-hybridized carbons (Fsp3) is 0.519. The van der Waals surface area contributed by atoms with Crippen LogP contribution in [0.1, 0.15) is 36.4 Å². The first kappa shape index (κ1) is 23.0. The van der Waals surface area contributed by atoms with E-state index >= 15 is 0 Å². The first-order valence-electron chi connectivity index (χ1n) is 12.7. The second-order valence-corrected chi connectivity index (χ2v) is 9.44. The molecular weight excluding hydrogens is 428 g/mol. The van der Waals surface area contributed by atoms with Gasteiger partial charge in [0, 0.05) is 45.8 Å². The number of fused-ring (bicyclic) bond motifs is 1. The number of amides is 2. The molecule has 2 fully saturated rings. The van der Waals surface area contributed by atoms with E-state index in [0.717, 1.165) is 82.1 Å². The Morgan fingerprint density at radius 1 is 0.912 bits per heavy atom. The molecule has 5 rings (SSSR count). The summed E-state index contributed by atoms with van der Waals surface area (Å²) in [5.41, 5.74) is 2.51. The van der Waals surface area contributed by atoms with Crippen molar-refractivity contribution in [2.45, 2.75) is 31.8 Å². The Hall–Kier alpha value is -2.77. The van der Waals surface area contributed by atoms with E-state index in [4.69, 9.17) is 9.47 Å². The average Bonchev–Trinajstić information content (AvgIpc) is 3.38. The number of piperazine rings is 1. The predicted molar refractivity (Wildman–Crippen MR) is 132 cm³/mol. The highest BCUT2D eigenvalue weighted by Gasteiger charge is 2.30. The lowest BCUT2D eigenvalue weighted by molar-refractivity contribution is 0.126. The Labute approximate surface area is 202 Å². The van der Waals surface area contributed by atoms with Crippen LogP contribution in [0.15, 0.2) is 48.5 Å². The number of carbonyl (C=O) groups excluding carboxylic acids is 1. The second-order valence-electron chi connectivity index (χ2n) is 9.44. The molecule has 1 unspecified atom stereocenters. The smallest absolute Gasteiger partial charge is 0.317 e. The molecule has 0 bridgehead atoms. The zero-order valence-corrected chi connectivity index (χ0v) is 20.0. The Balaban J connectivity index is 1.03. The molecule has 34 heavy (non-hydrogen) atoms. The molecule has 2 amide bonds. The summed E-state index contributed by atoms with van der Waals surface area (Å²) in [4.78, 5) is 19.9. The van der Waals surface area contributed by atoms with Gasteiger partial charge < -0.3 is 24.6 Å². The van der Waals surface area contributed by atoms with Crippen LogP contribution in [0, 0.1) is 0 Å². The average molecular weight is 465 g/mol. The number of likely N-dealkylation sites (tertiary alicyclic amines) is 1. The highest BCUT2D eigenvalue weighted by molar-refractivity contribution is 5.75. The molecule has 0 saturated carbocycles. The SMILES string of the molecule is O=C(NCCCN1CCN(Cc2ccccc2)CC1)N1CCCC1c1ccc2c(c1)OCCO2. The minimum Gasteiger partial charge on any atom is -0.486 e. The molecule has 0 aromatic heterocycles. The molecule has 7 nitrogen and oxygen atoms in total. The monoisotopic (exact) mass is 464 g/mol. The largest absolute Gasteiger partial charge is 0.486 e. The van der Waals surface area contributed by atoms with Crippen molar-refractivity contribution < 1.29 is 14.3 Å². The molecule has 0 aliphatic carbocycles. The van der Waals surface area contributed by atoms with Crippen LogP contribution >= 0.6 is 0 Å². The van der Waals surface area contributed by atoms with Crippen LogP contribution in [0.25, 0.3) is 0 Å². The van der Waals surface area contributed by atoms with E-state index in [0.29, 0.717) is 19.8 Å². The zero-order chi connectivity index (χ0) is 23.2. The van der Waals surface area contributed by atoms with Crippen molar-refractivity contribution in [3.63, 3.8) is 0 Å². The van der Waals surface area contributed by atoms with Crippen LogP contribution in [0.5, 0.6) is 11.5 Å². The Kier molecular flexibility index (Phi) is 7.51. The maximum Gasteiger partial charge on any atom is 0.317 e. The van der Waals surface area contributed by atoms with E-state index in [1.54, 1.807) is 0 Å². The molecular formula is C27H36N4O3. The molecule has 0 spiro atoms. The molecule has 182 valence electrons. The highest BCUT2D eigenvalue weighted by Crippen LogP contribution is 2.38. The third-order valence-electron chi connectivity index (χ3n) is 7.11. The number of carbonyl (C=O) groups is 1. The molecule has 3 heterocycles. The van der Waals surface area contributed by atoms with Gasteiger partial charge in [-0.15, -0.1) is 0 Å². The standard InChI is InChI=1S/C27H36N4O3/c32-27(31-13-4-8-24(31)23-9-10-25-26(20-23)34-19-18-33-25)28-11-5-12-29-14-16-30(17-15-29)21-22-6-2-1-3-7-22/h1-3,6-7,9-10,20,24H,4-5,8,11-19,21H2,(H,28,32). The number of nitrogens with one attached hydrogen (secondary N) is 1. The van der Waals surface area contributed by atoms with Crippen molar-refractivity contribution in [3.05, 3.63) is 59.7 Å². The van der Waals surface area contributed by atoms with Crippen LogP contribution in [0.3, 0.4) is 0 Å². The van der Waals surface area contributed by atoms with Gasteiger partial charge in [0.05, 0.1) is 6.04 Å². The third-order valence-corrected chi connectivity index (χ3v) is 7.11. The topological polar surface area (TPSA) is 57.3 Å². The minimum atomic E-state index is 0.0464. The molecule has 1 N–H and O–H groups in total. The minimum absolute atomic E-state index is 0.0464. The normalized spacial score (nSPS) is 20.9. The Bertz CT molecular complexity index is 946. The summed E-state index contributed by atoms with van der Waals surface area (Å²) in [5.74, 6) is 1.59. The van der Waals surface area contributed by atoms with E-state index in [2.05, 4.69) is 51.5 Å². The van der Waals surface area contributed by atoms with Crippen LogP contribution in [-0.2, 0) is 6.54 Å². The summed E-state index contributed by atoms with van der Waals surface area (Å²) in [7, 11) is 0. The second kappa shape index (κ2) is 11.1. The molecule has 3 aliphatic heterocycles. The number of ether oxygens (including phenoxy) is 2. The Morgan fingerprint density at radius 3 is 2.50 bits per heavy atom. The van der Waals surface area contributed by atoms with Gasteiger partial charge in [0.25, 0.3) is 0 Å². The molecule has 2 saturated heterocycles. The van der Waals surface area contributed by atoms with Gasteiger partial charge in [-0.3, -0.25) is 4.90 Å². The number of hydrogen-bond acceptors (Lipinski definition) is 5. The summed E-state index contributed by atoms with van der Waals surface area (Å²) >= 11 is 0. The van der Waals surface area contributed by atoms with E-state index < -0.39 is 0 Å². The summed E-state index contributed by atoms with van der Waals surface area (Å²) in [6, 6.07) is 16.9. The van der Waals surface area contributed by atoms with Crippen molar-refractivity contribution in [1.82, 2.24) is 20.0 Å². The summed E-state index contributed by atoms with van der Waals surface area (Å²) in [6.07, 6.45) is 2.99. The van der Waals surface area contributed by atoms with Crippen molar-refractivity contribution in [2.24, 2.45) is 0 Å². The summed E-state index contributed by atoms with van der Waals surface area (Å²) in [6.45, 7) is 9.15. The van der Waals surface area contributed by atoms with E-state index in [9.17, 15) is 4.79 Å². The van der Waals surface area contributed by atoms with Crippen LogP contribution in [-0.4, -0.2) is 79.8 Å². The maximum atomic E-state index is 12.9. The number of urea groups is 1. The number of hydrogen-bond donors (Lipinski definition) is 1. The Morgan fingerprint density at radius 2 is 1.68 bits per heavy atom. The van der Waals surface area contributed by atoms with Gasteiger partial charge in [-0.2, -0.15) is 0 Å². The summed E-state index contributed by atoms with van der Waals surface area (Å²) in [5, 5.41) is 3.16.